The molecule has 1 atom stereocenters. The minimum atomic E-state index is -0.833. The maximum absolute atomic E-state index is 13.9. The number of hydrogen-bond acceptors (Lipinski definition) is 3. The van der Waals surface area contributed by atoms with Crippen molar-refractivity contribution in [1.82, 2.24) is 10.2 Å². The lowest BCUT2D eigenvalue weighted by molar-refractivity contribution is -0.140. The number of anilines is 1. The molecule has 0 bridgehead atoms. The van der Waals surface area contributed by atoms with E-state index in [4.69, 9.17) is 0 Å². The third-order valence-corrected chi connectivity index (χ3v) is 6.73. The van der Waals surface area contributed by atoms with Gasteiger partial charge in [-0.3, -0.25) is 19.3 Å². The SMILES string of the molecule is CNC(=O)C(Cc1ccccc1)N(Cc1ccc(F)cc1)C(=O)CN1C(=O)c2cccc3cccc1c23. The summed E-state index contributed by atoms with van der Waals surface area (Å²) in [6, 6.07) is 25.6. The van der Waals surface area contributed by atoms with E-state index in [1.807, 2.05) is 60.7 Å². The number of nitrogens with one attached hydrogen (secondary N) is 1. The molecule has 1 N–H and O–H groups in total. The van der Waals surface area contributed by atoms with Gasteiger partial charge in [0.25, 0.3) is 5.91 Å². The van der Waals surface area contributed by atoms with Gasteiger partial charge < -0.3 is 10.2 Å². The van der Waals surface area contributed by atoms with Gasteiger partial charge in [0.05, 0.1) is 5.69 Å². The number of carbonyl (C=O) groups is 3. The molecule has 37 heavy (non-hydrogen) atoms. The minimum Gasteiger partial charge on any atom is -0.357 e. The number of amides is 3. The maximum atomic E-state index is 13.9. The van der Waals surface area contributed by atoms with Crippen LogP contribution in [0.1, 0.15) is 21.5 Å². The Morgan fingerprint density at radius 3 is 2.30 bits per heavy atom. The Morgan fingerprint density at radius 2 is 1.59 bits per heavy atom. The average molecular weight is 496 g/mol. The fourth-order valence-electron chi connectivity index (χ4n) is 4.87. The molecule has 4 aromatic rings. The lowest BCUT2D eigenvalue weighted by Crippen LogP contribution is -2.52. The number of rotatable bonds is 8. The van der Waals surface area contributed by atoms with E-state index in [0.717, 1.165) is 16.3 Å². The van der Waals surface area contributed by atoms with E-state index in [-0.39, 0.29) is 43.0 Å². The Labute approximate surface area is 214 Å². The summed E-state index contributed by atoms with van der Waals surface area (Å²) in [7, 11) is 1.53. The third-order valence-electron chi connectivity index (χ3n) is 6.73. The highest BCUT2D eigenvalue weighted by atomic mass is 19.1. The summed E-state index contributed by atoms with van der Waals surface area (Å²) < 4.78 is 13.6. The molecular formula is C30H26FN3O3. The van der Waals surface area contributed by atoms with E-state index < -0.39 is 6.04 Å². The van der Waals surface area contributed by atoms with E-state index in [1.54, 1.807) is 18.2 Å². The van der Waals surface area contributed by atoms with Gasteiger partial charge >= 0.3 is 0 Å². The van der Waals surface area contributed by atoms with Crippen molar-refractivity contribution < 1.29 is 18.8 Å². The van der Waals surface area contributed by atoms with Crippen LogP contribution in [0.2, 0.25) is 0 Å². The summed E-state index contributed by atoms with van der Waals surface area (Å²) in [5.74, 6) is -1.34. The molecule has 1 unspecified atom stereocenters. The van der Waals surface area contributed by atoms with Crippen molar-refractivity contribution in [1.29, 1.82) is 0 Å². The van der Waals surface area contributed by atoms with E-state index in [0.29, 0.717) is 16.8 Å². The number of halogens is 1. The van der Waals surface area contributed by atoms with Crippen LogP contribution in [0.25, 0.3) is 10.8 Å². The summed E-state index contributed by atoms with van der Waals surface area (Å²) >= 11 is 0. The highest BCUT2D eigenvalue weighted by molar-refractivity contribution is 6.26. The van der Waals surface area contributed by atoms with Crippen LogP contribution in [0.3, 0.4) is 0 Å². The first-order valence-electron chi connectivity index (χ1n) is 12.1. The van der Waals surface area contributed by atoms with Crippen molar-refractivity contribution in [3.8, 4) is 0 Å². The summed E-state index contributed by atoms with van der Waals surface area (Å²) in [4.78, 5) is 43.3. The smallest absolute Gasteiger partial charge is 0.259 e. The molecule has 3 amide bonds. The van der Waals surface area contributed by atoms with E-state index in [2.05, 4.69) is 5.32 Å². The van der Waals surface area contributed by atoms with Gasteiger partial charge in [-0.05, 0) is 40.8 Å². The number of likely N-dealkylation sites (N-methyl/N-ethyl adjacent to an activating group) is 1. The second-order valence-corrected chi connectivity index (χ2v) is 9.04. The largest absolute Gasteiger partial charge is 0.357 e. The number of benzene rings is 4. The van der Waals surface area contributed by atoms with Crippen LogP contribution in [-0.2, 0) is 22.6 Å². The number of carbonyl (C=O) groups excluding carboxylic acids is 3. The van der Waals surface area contributed by atoms with Crippen molar-refractivity contribution in [2.75, 3.05) is 18.5 Å². The normalized spacial score (nSPS) is 13.0. The topological polar surface area (TPSA) is 69.7 Å². The highest BCUT2D eigenvalue weighted by Crippen LogP contribution is 2.37. The molecule has 0 saturated carbocycles. The molecule has 7 heteroatoms. The lowest BCUT2D eigenvalue weighted by Gasteiger charge is -2.32. The zero-order valence-corrected chi connectivity index (χ0v) is 20.4. The molecule has 1 heterocycles. The second kappa shape index (κ2) is 10.2. The highest BCUT2D eigenvalue weighted by Gasteiger charge is 2.35. The first-order valence-corrected chi connectivity index (χ1v) is 12.1. The van der Waals surface area contributed by atoms with Gasteiger partial charge in [-0.2, -0.15) is 0 Å². The molecule has 0 spiro atoms. The summed E-state index contributed by atoms with van der Waals surface area (Å²) in [5, 5.41) is 4.42. The monoisotopic (exact) mass is 495 g/mol. The summed E-state index contributed by atoms with van der Waals surface area (Å²) in [6.07, 6.45) is 0.289. The Bertz CT molecular complexity index is 1470. The predicted octanol–water partition coefficient (Wildman–Crippen LogP) is 4.33. The second-order valence-electron chi connectivity index (χ2n) is 9.04. The zero-order valence-electron chi connectivity index (χ0n) is 20.4. The average Bonchev–Trinajstić information content (AvgIpc) is 3.19. The Balaban J connectivity index is 1.50. The van der Waals surface area contributed by atoms with Gasteiger partial charge in [0, 0.05) is 31.0 Å². The van der Waals surface area contributed by atoms with Crippen LogP contribution in [-0.4, -0.2) is 42.3 Å². The van der Waals surface area contributed by atoms with Crippen LogP contribution < -0.4 is 10.2 Å². The summed E-state index contributed by atoms with van der Waals surface area (Å²) in [5.41, 5.74) is 2.79. The van der Waals surface area contributed by atoms with Gasteiger partial charge in [0.15, 0.2) is 0 Å². The molecule has 186 valence electrons. The Morgan fingerprint density at radius 1 is 0.892 bits per heavy atom. The quantitative estimate of drug-likeness (QED) is 0.396. The van der Waals surface area contributed by atoms with Crippen molar-refractivity contribution in [3.63, 3.8) is 0 Å². The fourth-order valence-corrected chi connectivity index (χ4v) is 4.87. The molecule has 1 aliphatic rings. The van der Waals surface area contributed by atoms with Crippen LogP contribution in [0.5, 0.6) is 0 Å². The van der Waals surface area contributed by atoms with Crippen molar-refractivity contribution in [2.45, 2.75) is 19.0 Å². The van der Waals surface area contributed by atoms with Crippen LogP contribution >= 0.6 is 0 Å². The third kappa shape index (κ3) is 4.80. The van der Waals surface area contributed by atoms with Gasteiger partial charge in [0.1, 0.15) is 18.4 Å². The van der Waals surface area contributed by atoms with Crippen molar-refractivity contribution in [2.24, 2.45) is 0 Å². The van der Waals surface area contributed by atoms with Gasteiger partial charge in [-0.15, -0.1) is 0 Å². The number of hydrogen-bond donors (Lipinski definition) is 1. The van der Waals surface area contributed by atoms with Gasteiger partial charge in [0.2, 0.25) is 11.8 Å². The fraction of sp³-hybridized carbons (Fsp3) is 0.167. The van der Waals surface area contributed by atoms with Crippen LogP contribution in [0.4, 0.5) is 10.1 Å². The molecule has 4 aromatic carbocycles. The molecule has 0 radical (unpaired) electrons. The first kappa shape index (κ1) is 24.2. The molecule has 1 aliphatic heterocycles. The Kier molecular flexibility index (Phi) is 6.68. The van der Waals surface area contributed by atoms with E-state index in [9.17, 15) is 18.8 Å². The Hall–Kier alpha value is -4.52. The molecule has 5 rings (SSSR count). The van der Waals surface area contributed by atoms with Crippen LogP contribution in [0.15, 0.2) is 91.0 Å². The van der Waals surface area contributed by atoms with E-state index in [1.165, 1.54) is 29.0 Å². The van der Waals surface area contributed by atoms with Crippen molar-refractivity contribution >= 4 is 34.2 Å². The molecule has 0 aromatic heterocycles. The van der Waals surface area contributed by atoms with Gasteiger partial charge in [-0.1, -0.05) is 66.7 Å². The minimum absolute atomic E-state index is 0.0865. The maximum Gasteiger partial charge on any atom is 0.259 e. The summed E-state index contributed by atoms with van der Waals surface area (Å²) in [6.45, 7) is -0.140. The zero-order chi connectivity index (χ0) is 25.9. The molecule has 0 fully saturated rings. The molecule has 0 saturated heterocycles. The van der Waals surface area contributed by atoms with Gasteiger partial charge in [-0.25, -0.2) is 4.39 Å². The first-order chi connectivity index (χ1) is 18.0. The lowest BCUT2D eigenvalue weighted by atomic mass is 10.0. The predicted molar refractivity (Wildman–Crippen MR) is 141 cm³/mol. The van der Waals surface area contributed by atoms with Crippen LogP contribution in [0, 0.1) is 5.82 Å². The standard InChI is InChI=1S/C30H26FN3O3/c1-32-29(36)26(17-20-7-3-2-4-8-20)33(18-21-13-15-23(31)16-14-21)27(35)19-34-25-12-6-10-22-9-5-11-24(28(22)25)30(34)37/h2-16,26H,17-19H2,1H3,(H,32,36). The molecule has 6 nitrogen and oxygen atoms in total. The number of nitrogens with zero attached hydrogens (tertiary/aromatic N) is 2. The molecule has 0 aliphatic carbocycles. The molecular weight excluding hydrogens is 469 g/mol. The van der Waals surface area contributed by atoms with Crippen molar-refractivity contribution in [3.05, 3.63) is 114 Å². The van der Waals surface area contributed by atoms with E-state index >= 15 is 0 Å².